The molecule has 1 unspecified atom stereocenters. The number of unbranched alkanes of at least 4 members (excludes halogenated alkanes) is 1. The zero-order valence-electron chi connectivity index (χ0n) is 22.3. The van der Waals surface area contributed by atoms with Crippen LogP contribution in [0.1, 0.15) is 54.1 Å². The first kappa shape index (κ1) is 28.9. The second-order valence-electron chi connectivity index (χ2n) is 8.83. The zero-order valence-corrected chi connectivity index (χ0v) is 23.8. The summed E-state index contributed by atoms with van der Waals surface area (Å²) in [6.45, 7) is 5.00. The number of hydrogen-bond acceptors (Lipinski definition) is 8. The number of halogens is 2. The molecular formula is C30H28Cl2N2O6. The number of nitrogens with zero attached hydrogens (tertiary/aromatic N) is 1. The van der Waals surface area contributed by atoms with Gasteiger partial charge in [0, 0.05) is 11.6 Å². The molecule has 1 aliphatic rings. The molecule has 1 atom stereocenters. The van der Waals surface area contributed by atoms with Crippen LogP contribution in [0.25, 0.3) is 0 Å². The van der Waals surface area contributed by atoms with Crippen molar-refractivity contribution in [3.63, 3.8) is 0 Å². The van der Waals surface area contributed by atoms with E-state index in [4.69, 9.17) is 52.6 Å². The quantitative estimate of drug-likeness (QED) is 0.154. The lowest BCUT2D eigenvalue weighted by molar-refractivity contribution is 0.0734. The first-order valence-electron chi connectivity index (χ1n) is 12.7. The average Bonchev–Trinajstić information content (AvgIpc) is 2.93. The van der Waals surface area contributed by atoms with E-state index in [-0.39, 0.29) is 38.6 Å². The van der Waals surface area contributed by atoms with Crippen LogP contribution in [0.5, 0.6) is 28.7 Å². The van der Waals surface area contributed by atoms with Gasteiger partial charge in [-0.25, -0.2) is 4.79 Å². The molecule has 0 fully saturated rings. The fourth-order valence-corrected chi connectivity index (χ4v) is 4.94. The number of fused-ring (bicyclic) bond motifs is 1. The van der Waals surface area contributed by atoms with Gasteiger partial charge in [-0.2, -0.15) is 5.26 Å². The van der Waals surface area contributed by atoms with Gasteiger partial charge in [-0.3, -0.25) is 0 Å². The van der Waals surface area contributed by atoms with E-state index in [0.29, 0.717) is 36.0 Å². The SMILES string of the molecule is CCCCOc1ccc(C2C(C#N)=C(N)Oc3cc(OC(=O)c4cc(Cl)c(OC)c(Cl)c4)ccc32)cc1OCC. The Kier molecular flexibility index (Phi) is 9.30. The second-order valence-corrected chi connectivity index (χ2v) is 9.64. The van der Waals surface area contributed by atoms with Gasteiger partial charge in [0.1, 0.15) is 23.1 Å². The number of nitriles is 1. The molecule has 1 heterocycles. The summed E-state index contributed by atoms with van der Waals surface area (Å²) >= 11 is 12.3. The number of benzene rings is 3. The van der Waals surface area contributed by atoms with Crippen LogP contribution in [0, 0.1) is 11.3 Å². The molecule has 208 valence electrons. The molecule has 10 heteroatoms. The van der Waals surface area contributed by atoms with E-state index in [1.54, 1.807) is 18.2 Å². The van der Waals surface area contributed by atoms with Crippen LogP contribution in [0.2, 0.25) is 10.0 Å². The summed E-state index contributed by atoms with van der Waals surface area (Å²) < 4.78 is 28.2. The maximum absolute atomic E-state index is 12.8. The lowest BCUT2D eigenvalue weighted by Gasteiger charge is -2.27. The van der Waals surface area contributed by atoms with Crippen LogP contribution in [0.15, 0.2) is 60.0 Å². The zero-order chi connectivity index (χ0) is 28.8. The molecule has 3 aromatic carbocycles. The van der Waals surface area contributed by atoms with Crippen LogP contribution in [0.3, 0.4) is 0 Å². The number of allylic oxidation sites excluding steroid dienone is 1. The third-order valence-electron chi connectivity index (χ3n) is 6.20. The van der Waals surface area contributed by atoms with Crippen molar-refractivity contribution in [2.24, 2.45) is 5.73 Å². The smallest absolute Gasteiger partial charge is 0.343 e. The molecule has 0 aromatic heterocycles. The van der Waals surface area contributed by atoms with Gasteiger partial charge < -0.3 is 29.4 Å². The molecule has 0 saturated heterocycles. The molecule has 2 N–H and O–H groups in total. The summed E-state index contributed by atoms with van der Waals surface area (Å²) in [5.74, 6) is 0.745. The molecule has 40 heavy (non-hydrogen) atoms. The van der Waals surface area contributed by atoms with Crippen molar-refractivity contribution >= 4 is 29.2 Å². The Hall–Kier alpha value is -4.06. The Morgan fingerprint density at radius 3 is 2.45 bits per heavy atom. The van der Waals surface area contributed by atoms with Crippen molar-refractivity contribution in [2.75, 3.05) is 20.3 Å². The normalized spacial score (nSPS) is 14.1. The summed E-state index contributed by atoms with van der Waals surface area (Å²) in [7, 11) is 1.43. The van der Waals surface area contributed by atoms with Crippen LogP contribution in [-0.2, 0) is 0 Å². The summed E-state index contributed by atoms with van der Waals surface area (Å²) in [5.41, 5.74) is 8.00. The monoisotopic (exact) mass is 582 g/mol. The van der Waals surface area contributed by atoms with E-state index >= 15 is 0 Å². The van der Waals surface area contributed by atoms with Crippen molar-refractivity contribution in [2.45, 2.75) is 32.6 Å². The molecule has 8 nitrogen and oxygen atoms in total. The molecule has 0 radical (unpaired) electrons. The van der Waals surface area contributed by atoms with Gasteiger partial charge in [0.25, 0.3) is 0 Å². The van der Waals surface area contributed by atoms with Crippen molar-refractivity contribution in [3.05, 3.63) is 86.7 Å². The van der Waals surface area contributed by atoms with Gasteiger partial charge in [-0.1, -0.05) is 48.7 Å². The van der Waals surface area contributed by atoms with Gasteiger partial charge in [-0.15, -0.1) is 0 Å². The number of methoxy groups -OCH3 is 1. The molecular weight excluding hydrogens is 555 g/mol. The van der Waals surface area contributed by atoms with E-state index in [0.717, 1.165) is 18.4 Å². The van der Waals surface area contributed by atoms with Crippen LogP contribution < -0.4 is 29.4 Å². The average molecular weight is 583 g/mol. The van der Waals surface area contributed by atoms with E-state index in [2.05, 4.69) is 13.0 Å². The summed E-state index contributed by atoms with van der Waals surface area (Å²) in [6.07, 6.45) is 1.93. The third kappa shape index (κ3) is 6.06. The summed E-state index contributed by atoms with van der Waals surface area (Å²) in [4.78, 5) is 12.8. The maximum atomic E-state index is 12.8. The van der Waals surface area contributed by atoms with E-state index in [1.807, 2.05) is 25.1 Å². The van der Waals surface area contributed by atoms with Crippen molar-refractivity contribution in [1.82, 2.24) is 0 Å². The second kappa shape index (κ2) is 12.9. The standard InChI is InChI=1S/C30H28Cl2N2O6/c1-4-6-11-38-24-10-7-17(14-26(24)37-5-2)27-20-9-8-19(15-25(20)40-29(34)21(27)16-33)39-30(35)18-12-22(31)28(36-3)23(32)13-18/h7-10,12-15,27H,4-6,11,34H2,1-3H3. The number of esters is 1. The van der Waals surface area contributed by atoms with Crippen molar-refractivity contribution in [1.29, 1.82) is 5.26 Å². The fraction of sp³-hybridized carbons (Fsp3) is 0.267. The number of nitrogens with two attached hydrogens (primary N) is 1. The van der Waals surface area contributed by atoms with Crippen LogP contribution in [-0.4, -0.2) is 26.3 Å². The van der Waals surface area contributed by atoms with Gasteiger partial charge in [-0.05, 0) is 49.2 Å². The Labute approximate surface area is 242 Å². The highest BCUT2D eigenvalue weighted by atomic mass is 35.5. The number of carbonyl (C=O) groups is 1. The summed E-state index contributed by atoms with van der Waals surface area (Å²) in [6, 6.07) is 15.4. The number of hydrogen-bond donors (Lipinski definition) is 1. The van der Waals surface area contributed by atoms with Crippen LogP contribution >= 0.6 is 23.2 Å². The van der Waals surface area contributed by atoms with Crippen LogP contribution in [0.4, 0.5) is 0 Å². The predicted octanol–water partition coefficient (Wildman–Crippen LogP) is 7.02. The molecule has 0 bridgehead atoms. The number of carbonyl (C=O) groups excluding carboxylic acids is 1. The maximum Gasteiger partial charge on any atom is 0.343 e. The van der Waals surface area contributed by atoms with E-state index < -0.39 is 11.9 Å². The molecule has 0 amide bonds. The Morgan fingerprint density at radius 1 is 1.05 bits per heavy atom. The fourth-order valence-electron chi connectivity index (χ4n) is 4.30. The first-order chi connectivity index (χ1) is 19.3. The van der Waals surface area contributed by atoms with Crippen molar-refractivity contribution in [3.8, 4) is 34.8 Å². The van der Waals surface area contributed by atoms with Crippen molar-refractivity contribution < 1.29 is 28.5 Å². The Morgan fingerprint density at radius 2 is 1.80 bits per heavy atom. The molecule has 1 aliphatic heterocycles. The lowest BCUT2D eigenvalue weighted by Crippen LogP contribution is -2.21. The minimum absolute atomic E-state index is 0.0431. The Bertz CT molecular complexity index is 1470. The number of ether oxygens (including phenoxy) is 5. The molecule has 0 saturated carbocycles. The Balaban J connectivity index is 1.67. The first-order valence-corrected chi connectivity index (χ1v) is 13.4. The largest absolute Gasteiger partial charge is 0.494 e. The summed E-state index contributed by atoms with van der Waals surface area (Å²) in [5, 5.41) is 10.3. The van der Waals surface area contributed by atoms with E-state index in [9.17, 15) is 10.1 Å². The van der Waals surface area contributed by atoms with Gasteiger partial charge in [0.15, 0.2) is 17.2 Å². The highest BCUT2D eigenvalue weighted by Gasteiger charge is 2.32. The highest BCUT2D eigenvalue weighted by molar-refractivity contribution is 6.37. The minimum atomic E-state index is -0.681. The van der Waals surface area contributed by atoms with E-state index in [1.165, 1.54) is 19.2 Å². The molecule has 4 rings (SSSR count). The third-order valence-corrected chi connectivity index (χ3v) is 6.76. The lowest BCUT2D eigenvalue weighted by atomic mass is 9.83. The van der Waals surface area contributed by atoms with Gasteiger partial charge in [0.05, 0.1) is 41.9 Å². The van der Waals surface area contributed by atoms with Gasteiger partial charge >= 0.3 is 5.97 Å². The highest BCUT2D eigenvalue weighted by Crippen LogP contribution is 2.45. The topological polar surface area (TPSA) is 113 Å². The molecule has 3 aromatic rings. The molecule has 0 spiro atoms. The number of rotatable bonds is 10. The predicted molar refractivity (Wildman–Crippen MR) is 152 cm³/mol. The minimum Gasteiger partial charge on any atom is -0.494 e. The molecule has 0 aliphatic carbocycles. The van der Waals surface area contributed by atoms with Gasteiger partial charge in [0.2, 0.25) is 5.88 Å².